The maximum Gasteiger partial charge on any atom is 0.191 e. The van der Waals surface area contributed by atoms with Crippen molar-refractivity contribution < 1.29 is 9.13 Å². The molecule has 0 unspecified atom stereocenters. The lowest BCUT2D eigenvalue weighted by Gasteiger charge is -2.12. The molecule has 0 atom stereocenters. The summed E-state index contributed by atoms with van der Waals surface area (Å²) in [5, 5.41) is 6.33. The van der Waals surface area contributed by atoms with Crippen LogP contribution in [0.5, 0.6) is 0 Å². The Morgan fingerprint density at radius 2 is 1.95 bits per heavy atom. The maximum absolute atomic E-state index is 13.5. The number of unbranched alkanes of at least 4 members (excludes halogenated alkanes) is 1. The Morgan fingerprint density at radius 3 is 2.67 bits per heavy atom. The third-order valence-electron chi connectivity index (χ3n) is 3.05. The third-order valence-corrected chi connectivity index (χ3v) is 3.05. The molecule has 0 saturated carbocycles. The van der Waals surface area contributed by atoms with Crippen LogP contribution in [-0.2, 0) is 11.2 Å². The summed E-state index contributed by atoms with van der Waals surface area (Å²) in [5.41, 5.74) is 0.711. The fourth-order valence-electron chi connectivity index (χ4n) is 1.83. The lowest BCUT2D eigenvalue weighted by atomic mass is 10.1. The zero-order chi connectivity index (χ0) is 15.3. The van der Waals surface area contributed by atoms with Crippen LogP contribution < -0.4 is 10.6 Å². The predicted octanol–water partition coefficient (Wildman–Crippen LogP) is 2.35. The molecule has 0 bridgehead atoms. The van der Waals surface area contributed by atoms with Gasteiger partial charge >= 0.3 is 0 Å². The van der Waals surface area contributed by atoms with E-state index in [-0.39, 0.29) is 5.82 Å². The van der Waals surface area contributed by atoms with Crippen molar-refractivity contribution in [1.82, 2.24) is 10.6 Å². The number of rotatable bonds is 9. The fraction of sp³-hybridized carbons (Fsp3) is 0.562. The van der Waals surface area contributed by atoms with Gasteiger partial charge < -0.3 is 15.4 Å². The highest BCUT2D eigenvalue weighted by Gasteiger charge is 2.01. The van der Waals surface area contributed by atoms with Crippen molar-refractivity contribution in [3.8, 4) is 0 Å². The number of hydrogen-bond donors (Lipinski definition) is 2. The first kappa shape index (κ1) is 17.4. The molecular formula is C16H26FN3O. The predicted molar refractivity (Wildman–Crippen MR) is 85.2 cm³/mol. The summed E-state index contributed by atoms with van der Waals surface area (Å²) in [6, 6.07) is 6.83. The second kappa shape index (κ2) is 11.1. The SMILES string of the molecule is CCCCOCCNC(=NC)NCCc1ccccc1F. The van der Waals surface area contributed by atoms with Crippen LogP contribution in [0.3, 0.4) is 0 Å². The van der Waals surface area contributed by atoms with Crippen molar-refractivity contribution in [2.45, 2.75) is 26.2 Å². The second-order valence-corrected chi connectivity index (χ2v) is 4.73. The molecule has 0 radical (unpaired) electrons. The van der Waals surface area contributed by atoms with E-state index < -0.39 is 0 Å². The first-order valence-electron chi connectivity index (χ1n) is 7.53. The average molecular weight is 295 g/mol. The van der Waals surface area contributed by atoms with Gasteiger partial charge in [-0.25, -0.2) is 4.39 Å². The largest absolute Gasteiger partial charge is 0.380 e. The van der Waals surface area contributed by atoms with E-state index in [0.29, 0.717) is 37.6 Å². The molecule has 21 heavy (non-hydrogen) atoms. The minimum atomic E-state index is -0.161. The van der Waals surface area contributed by atoms with Crippen molar-refractivity contribution in [3.05, 3.63) is 35.6 Å². The lowest BCUT2D eigenvalue weighted by molar-refractivity contribution is 0.136. The number of benzene rings is 1. The molecule has 0 saturated heterocycles. The molecule has 0 fully saturated rings. The highest BCUT2D eigenvalue weighted by Crippen LogP contribution is 2.05. The normalized spacial score (nSPS) is 11.5. The molecule has 0 aliphatic rings. The molecular weight excluding hydrogens is 269 g/mol. The highest BCUT2D eigenvalue weighted by atomic mass is 19.1. The Bertz CT molecular complexity index is 424. The van der Waals surface area contributed by atoms with E-state index in [1.807, 2.05) is 6.07 Å². The van der Waals surface area contributed by atoms with Gasteiger partial charge in [-0.1, -0.05) is 31.5 Å². The maximum atomic E-state index is 13.5. The monoisotopic (exact) mass is 295 g/mol. The number of hydrogen-bond acceptors (Lipinski definition) is 2. The molecule has 0 aliphatic carbocycles. The van der Waals surface area contributed by atoms with Gasteiger partial charge in [0, 0.05) is 26.7 Å². The summed E-state index contributed by atoms with van der Waals surface area (Å²) in [4.78, 5) is 4.12. The van der Waals surface area contributed by atoms with Crippen molar-refractivity contribution in [3.63, 3.8) is 0 Å². The van der Waals surface area contributed by atoms with Gasteiger partial charge in [0.2, 0.25) is 0 Å². The first-order valence-corrected chi connectivity index (χ1v) is 7.53. The standard InChI is InChI=1S/C16H26FN3O/c1-3-4-12-21-13-11-20-16(18-2)19-10-9-14-7-5-6-8-15(14)17/h5-8H,3-4,9-13H2,1-2H3,(H2,18,19,20). The van der Waals surface area contributed by atoms with E-state index in [9.17, 15) is 4.39 Å². The van der Waals surface area contributed by atoms with Crippen LogP contribution in [0.2, 0.25) is 0 Å². The lowest BCUT2D eigenvalue weighted by Crippen LogP contribution is -2.39. The summed E-state index contributed by atoms with van der Waals surface area (Å²) < 4.78 is 18.9. The molecule has 1 rings (SSSR count). The number of ether oxygens (including phenoxy) is 1. The molecule has 0 heterocycles. The molecule has 0 aliphatic heterocycles. The second-order valence-electron chi connectivity index (χ2n) is 4.73. The van der Waals surface area contributed by atoms with Crippen LogP contribution in [0.4, 0.5) is 4.39 Å². The van der Waals surface area contributed by atoms with Gasteiger partial charge in [0.15, 0.2) is 5.96 Å². The molecule has 0 spiro atoms. The first-order chi connectivity index (χ1) is 10.3. The van der Waals surface area contributed by atoms with Crippen molar-refractivity contribution in [1.29, 1.82) is 0 Å². The van der Waals surface area contributed by atoms with Gasteiger partial charge in [-0.15, -0.1) is 0 Å². The Morgan fingerprint density at radius 1 is 1.19 bits per heavy atom. The summed E-state index contributed by atoms with van der Waals surface area (Å²) in [5.74, 6) is 0.553. The summed E-state index contributed by atoms with van der Waals surface area (Å²) in [7, 11) is 1.72. The fourth-order valence-corrected chi connectivity index (χ4v) is 1.83. The third kappa shape index (κ3) is 7.66. The van der Waals surface area contributed by atoms with Gasteiger partial charge in [-0.05, 0) is 24.5 Å². The van der Waals surface area contributed by atoms with Crippen molar-refractivity contribution in [2.75, 3.05) is 33.4 Å². The van der Waals surface area contributed by atoms with Gasteiger partial charge in [0.1, 0.15) is 5.82 Å². The summed E-state index contributed by atoms with van der Waals surface area (Å²) in [6.45, 7) is 4.95. The molecule has 4 nitrogen and oxygen atoms in total. The van der Waals surface area contributed by atoms with E-state index in [1.54, 1.807) is 19.2 Å². The number of aliphatic imine (C=N–C) groups is 1. The van der Waals surface area contributed by atoms with Crippen LogP contribution in [0.25, 0.3) is 0 Å². The molecule has 1 aromatic carbocycles. The average Bonchev–Trinajstić information content (AvgIpc) is 2.50. The summed E-state index contributed by atoms with van der Waals surface area (Å²) in [6.07, 6.45) is 2.86. The quantitative estimate of drug-likeness (QED) is 0.417. The number of nitrogens with one attached hydrogen (secondary N) is 2. The van der Waals surface area contributed by atoms with E-state index in [2.05, 4.69) is 22.5 Å². The Balaban J connectivity index is 2.16. The molecule has 2 N–H and O–H groups in total. The van der Waals surface area contributed by atoms with Crippen LogP contribution in [0.15, 0.2) is 29.3 Å². The van der Waals surface area contributed by atoms with Crippen molar-refractivity contribution >= 4 is 5.96 Å². The van der Waals surface area contributed by atoms with Gasteiger partial charge in [-0.2, -0.15) is 0 Å². The van der Waals surface area contributed by atoms with E-state index in [4.69, 9.17) is 4.74 Å². The van der Waals surface area contributed by atoms with Gasteiger partial charge in [0.05, 0.1) is 6.61 Å². The highest BCUT2D eigenvalue weighted by molar-refractivity contribution is 5.79. The number of guanidine groups is 1. The molecule has 118 valence electrons. The van der Waals surface area contributed by atoms with Crippen LogP contribution in [0.1, 0.15) is 25.3 Å². The van der Waals surface area contributed by atoms with Crippen molar-refractivity contribution in [2.24, 2.45) is 4.99 Å². The van der Waals surface area contributed by atoms with E-state index >= 15 is 0 Å². The minimum absolute atomic E-state index is 0.161. The molecule has 0 aromatic heterocycles. The van der Waals surface area contributed by atoms with Crippen LogP contribution in [-0.4, -0.2) is 39.3 Å². The smallest absolute Gasteiger partial charge is 0.191 e. The zero-order valence-electron chi connectivity index (χ0n) is 13.0. The molecule has 0 amide bonds. The number of halogens is 1. The van der Waals surface area contributed by atoms with Gasteiger partial charge in [0.25, 0.3) is 0 Å². The van der Waals surface area contributed by atoms with E-state index in [1.165, 1.54) is 6.07 Å². The molecule has 1 aromatic rings. The Hall–Kier alpha value is -1.62. The topological polar surface area (TPSA) is 45.6 Å². The zero-order valence-corrected chi connectivity index (χ0v) is 13.0. The Labute approximate surface area is 126 Å². The molecule has 5 heteroatoms. The Kier molecular flexibility index (Phi) is 9.20. The van der Waals surface area contributed by atoms with Gasteiger partial charge in [-0.3, -0.25) is 4.99 Å². The van der Waals surface area contributed by atoms with Crippen LogP contribution in [0, 0.1) is 5.82 Å². The van der Waals surface area contributed by atoms with E-state index in [0.717, 1.165) is 19.4 Å². The number of nitrogens with zero attached hydrogens (tertiary/aromatic N) is 1. The van der Waals surface area contributed by atoms with Crippen LogP contribution >= 0.6 is 0 Å². The minimum Gasteiger partial charge on any atom is -0.380 e. The summed E-state index contributed by atoms with van der Waals surface area (Å²) >= 11 is 0.